The van der Waals surface area contributed by atoms with Crippen LogP contribution in [-0.2, 0) is 11.2 Å². The smallest absolute Gasteiger partial charge is 0.266 e. The molecule has 0 spiro atoms. The molecular formula is C14H14N2O2. The molecule has 0 aliphatic heterocycles. The van der Waals surface area contributed by atoms with Gasteiger partial charge in [-0.05, 0) is 22.8 Å². The predicted octanol–water partition coefficient (Wildman–Crippen LogP) is 2.09. The Labute approximate surface area is 105 Å². The van der Waals surface area contributed by atoms with E-state index in [-0.39, 0.29) is 5.71 Å². The minimum absolute atomic E-state index is 0.00292. The Balaban J connectivity index is 2.15. The van der Waals surface area contributed by atoms with E-state index in [1.807, 2.05) is 36.4 Å². The maximum Gasteiger partial charge on any atom is 0.266 e. The third-order valence-corrected chi connectivity index (χ3v) is 2.87. The molecule has 0 unspecified atom stereocenters. The number of hydrogen-bond donors (Lipinski definition) is 2. The van der Waals surface area contributed by atoms with Gasteiger partial charge in [0.05, 0.1) is 0 Å². The molecule has 0 saturated heterocycles. The average Bonchev–Trinajstić information content (AvgIpc) is 2.39. The van der Waals surface area contributed by atoms with E-state index in [9.17, 15) is 4.79 Å². The summed E-state index contributed by atoms with van der Waals surface area (Å²) < 4.78 is 0. The molecule has 4 nitrogen and oxygen atoms in total. The molecule has 2 aromatic rings. The van der Waals surface area contributed by atoms with Crippen LogP contribution in [0.25, 0.3) is 10.8 Å². The standard InChI is InChI=1S/C14H14N2O2/c15-14(17)13(16-18)8-6-10-5-7-11-3-1-2-4-12(11)9-10/h1-5,7,9,18H,6,8H2,(H2,15,17). The van der Waals surface area contributed by atoms with Crippen molar-refractivity contribution in [1.82, 2.24) is 0 Å². The summed E-state index contributed by atoms with van der Waals surface area (Å²) in [6, 6.07) is 14.1. The monoisotopic (exact) mass is 242 g/mol. The lowest BCUT2D eigenvalue weighted by molar-refractivity contribution is -0.112. The number of aryl methyl sites for hydroxylation is 1. The van der Waals surface area contributed by atoms with Crippen molar-refractivity contribution >= 4 is 22.4 Å². The quantitative estimate of drug-likeness (QED) is 0.489. The first kappa shape index (κ1) is 12.1. The predicted molar refractivity (Wildman–Crippen MR) is 70.7 cm³/mol. The zero-order valence-electron chi connectivity index (χ0n) is 9.84. The number of carbonyl (C=O) groups excluding carboxylic acids is 1. The van der Waals surface area contributed by atoms with Gasteiger partial charge in [-0.1, -0.05) is 47.6 Å². The van der Waals surface area contributed by atoms with E-state index in [0.717, 1.165) is 10.9 Å². The number of nitrogens with zero attached hydrogens (tertiary/aromatic N) is 1. The second-order valence-electron chi connectivity index (χ2n) is 4.09. The van der Waals surface area contributed by atoms with Gasteiger partial charge in [-0.25, -0.2) is 0 Å². The molecule has 18 heavy (non-hydrogen) atoms. The molecule has 0 heterocycles. The summed E-state index contributed by atoms with van der Waals surface area (Å²) in [6.07, 6.45) is 0.956. The highest BCUT2D eigenvalue weighted by Gasteiger charge is 2.07. The van der Waals surface area contributed by atoms with Gasteiger partial charge in [0, 0.05) is 6.42 Å². The Hall–Kier alpha value is -2.36. The zero-order valence-corrected chi connectivity index (χ0v) is 9.84. The summed E-state index contributed by atoms with van der Waals surface area (Å²) >= 11 is 0. The highest BCUT2D eigenvalue weighted by molar-refractivity contribution is 6.38. The molecule has 92 valence electrons. The van der Waals surface area contributed by atoms with Gasteiger partial charge in [-0.15, -0.1) is 0 Å². The summed E-state index contributed by atoms with van der Waals surface area (Å²) in [5, 5.41) is 13.9. The van der Waals surface area contributed by atoms with E-state index in [2.05, 4.69) is 11.2 Å². The van der Waals surface area contributed by atoms with E-state index in [1.54, 1.807) is 0 Å². The van der Waals surface area contributed by atoms with Gasteiger partial charge in [0.25, 0.3) is 5.91 Å². The highest BCUT2D eigenvalue weighted by Crippen LogP contribution is 2.16. The Kier molecular flexibility index (Phi) is 3.57. The van der Waals surface area contributed by atoms with Crippen molar-refractivity contribution in [1.29, 1.82) is 0 Å². The van der Waals surface area contributed by atoms with E-state index < -0.39 is 5.91 Å². The molecule has 3 N–H and O–H groups in total. The van der Waals surface area contributed by atoms with Gasteiger partial charge in [0.1, 0.15) is 5.71 Å². The summed E-state index contributed by atoms with van der Waals surface area (Å²) in [4.78, 5) is 10.9. The van der Waals surface area contributed by atoms with Gasteiger partial charge < -0.3 is 10.9 Å². The van der Waals surface area contributed by atoms with Crippen LogP contribution in [0.4, 0.5) is 0 Å². The molecule has 2 rings (SSSR count). The van der Waals surface area contributed by atoms with Crippen molar-refractivity contribution in [2.45, 2.75) is 12.8 Å². The van der Waals surface area contributed by atoms with Crippen molar-refractivity contribution in [3.8, 4) is 0 Å². The molecule has 0 bridgehead atoms. The molecule has 0 aromatic heterocycles. The van der Waals surface area contributed by atoms with Crippen molar-refractivity contribution in [2.75, 3.05) is 0 Å². The molecule has 1 amide bonds. The van der Waals surface area contributed by atoms with Crippen LogP contribution < -0.4 is 5.73 Å². The Morgan fingerprint density at radius 1 is 1.17 bits per heavy atom. The summed E-state index contributed by atoms with van der Waals surface area (Å²) in [7, 11) is 0. The number of primary amides is 1. The van der Waals surface area contributed by atoms with Gasteiger partial charge in [-0.2, -0.15) is 0 Å². The highest BCUT2D eigenvalue weighted by atomic mass is 16.4. The molecular weight excluding hydrogens is 228 g/mol. The normalized spacial score (nSPS) is 11.7. The fourth-order valence-electron chi connectivity index (χ4n) is 1.88. The average molecular weight is 242 g/mol. The van der Waals surface area contributed by atoms with Gasteiger partial charge in [-0.3, -0.25) is 4.79 Å². The van der Waals surface area contributed by atoms with Crippen molar-refractivity contribution in [2.24, 2.45) is 10.9 Å². The van der Waals surface area contributed by atoms with Crippen LogP contribution >= 0.6 is 0 Å². The topological polar surface area (TPSA) is 75.7 Å². The second-order valence-corrected chi connectivity index (χ2v) is 4.09. The molecule has 0 saturated carbocycles. The number of benzene rings is 2. The van der Waals surface area contributed by atoms with E-state index in [1.165, 1.54) is 5.39 Å². The van der Waals surface area contributed by atoms with Crippen LogP contribution in [0.1, 0.15) is 12.0 Å². The maximum absolute atomic E-state index is 10.9. The van der Waals surface area contributed by atoms with E-state index in [0.29, 0.717) is 12.8 Å². The fourth-order valence-corrected chi connectivity index (χ4v) is 1.88. The number of carbonyl (C=O) groups is 1. The first-order chi connectivity index (χ1) is 8.70. The van der Waals surface area contributed by atoms with Gasteiger partial charge >= 0.3 is 0 Å². The fraction of sp³-hybridized carbons (Fsp3) is 0.143. The summed E-state index contributed by atoms with van der Waals surface area (Å²) in [5.74, 6) is -0.682. The molecule has 0 aliphatic carbocycles. The summed E-state index contributed by atoms with van der Waals surface area (Å²) in [6.45, 7) is 0. The van der Waals surface area contributed by atoms with E-state index >= 15 is 0 Å². The molecule has 0 fully saturated rings. The van der Waals surface area contributed by atoms with Crippen LogP contribution in [0.15, 0.2) is 47.6 Å². The number of oxime groups is 1. The first-order valence-corrected chi connectivity index (χ1v) is 5.69. The number of hydrogen-bond acceptors (Lipinski definition) is 3. The lowest BCUT2D eigenvalue weighted by Crippen LogP contribution is -2.23. The lowest BCUT2D eigenvalue weighted by Gasteiger charge is -2.03. The van der Waals surface area contributed by atoms with Crippen LogP contribution in [0, 0.1) is 0 Å². The number of amides is 1. The van der Waals surface area contributed by atoms with Crippen molar-refractivity contribution in [3.63, 3.8) is 0 Å². The van der Waals surface area contributed by atoms with Crippen LogP contribution in [-0.4, -0.2) is 16.8 Å². The van der Waals surface area contributed by atoms with E-state index in [4.69, 9.17) is 10.9 Å². The van der Waals surface area contributed by atoms with Crippen LogP contribution in [0.2, 0.25) is 0 Å². The van der Waals surface area contributed by atoms with Crippen molar-refractivity contribution < 1.29 is 10.0 Å². The van der Waals surface area contributed by atoms with Gasteiger partial charge in [0.2, 0.25) is 0 Å². The Morgan fingerprint density at radius 3 is 2.56 bits per heavy atom. The lowest BCUT2D eigenvalue weighted by atomic mass is 10.0. The molecule has 0 aliphatic rings. The first-order valence-electron chi connectivity index (χ1n) is 5.69. The number of nitrogens with two attached hydrogens (primary N) is 1. The minimum Gasteiger partial charge on any atom is -0.410 e. The van der Waals surface area contributed by atoms with Crippen molar-refractivity contribution in [3.05, 3.63) is 48.0 Å². The third-order valence-electron chi connectivity index (χ3n) is 2.87. The SMILES string of the molecule is NC(=O)C(CCc1ccc2ccccc2c1)=NO. The maximum atomic E-state index is 10.9. The zero-order chi connectivity index (χ0) is 13.0. The van der Waals surface area contributed by atoms with Crippen LogP contribution in [0.5, 0.6) is 0 Å². The largest absolute Gasteiger partial charge is 0.410 e. The second kappa shape index (κ2) is 5.31. The summed E-state index contributed by atoms with van der Waals surface area (Å²) in [5.41, 5.74) is 6.15. The Bertz CT molecular complexity index is 606. The molecule has 4 heteroatoms. The molecule has 0 atom stereocenters. The minimum atomic E-state index is -0.682. The number of rotatable bonds is 4. The van der Waals surface area contributed by atoms with Gasteiger partial charge in [0.15, 0.2) is 0 Å². The van der Waals surface area contributed by atoms with Crippen LogP contribution in [0.3, 0.4) is 0 Å². The Morgan fingerprint density at radius 2 is 1.89 bits per heavy atom. The number of fused-ring (bicyclic) bond motifs is 1. The molecule has 0 radical (unpaired) electrons. The molecule has 2 aromatic carbocycles. The third kappa shape index (κ3) is 2.66.